The van der Waals surface area contributed by atoms with Crippen LogP contribution in [0.25, 0.3) is 21.6 Å². The highest BCUT2D eigenvalue weighted by molar-refractivity contribution is 7.17. The van der Waals surface area contributed by atoms with Gasteiger partial charge in [-0.05, 0) is 23.6 Å². The van der Waals surface area contributed by atoms with E-state index >= 15 is 0 Å². The van der Waals surface area contributed by atoms with Crippen molar-refractivity contribution in [3.63, 3.8) is 0 Å². The number of thiophene rings is 1. The standard InChI is InChI=1S/C13H9ClN2OS/c1-17-9-4-2-3-8(7-9)13-15-10-5-6-18-11(10)12(14)16-13/h2-7H,1H3. The first-order valence-corrected chi connectivity index (χ1v) is 6.59. The van der Waals surface area contributed by atoms with Crippen LogP contribution in [0.3, 0.4) is 0 Å². The molecule has 0 fully saturated rings. The van der Waals surface area contributed by atoms with Gasteiger partial charge in [-0.3, -0.25) is 0 Å². The van der Waals surface area contributed by atoms with Crippen molar-refractivity contribution in [1.29, 1.82) is 0 Å². The molecule has 0 radical (unpaired) electrons. The molecule has 2 heterocycles. The van der Waals surface area contributed by atoms with Gasteiger partial charge in [0.2, 0.25) is 0 Å². The van der Waals surface area contributed by atoms with Gasteiger partial charge in [-0.1, -0.05) is 23.7 Å². The van der Waals surface area contributed by atoms with E-state index in [0.29, 0.717) is 11.0 Å². The van der Waals surface area contributed by atoms with Crippen molar-refractivity contribution in [2.75, 3.05) is 7.11 Å². The number of nitrogens with zero attached hydrogens (tertiary/aromatic N) is 2. The monoisotopic (exact) mass is 276 g/mol. The molecule has 3 rings (SSSR count). The summed E-state index contributed by atoms with van der Waals surface area (Å²) in [5.41, 5.74) is 1.77. The zero-order valence-corrected chi connectivity index (χ0v) is 11.1. The van der Waals surface area contributed by atoms with Gasteiger partial charge in [-0.15, -0.1) is 11.3 Å². The summed E-state index contributed by atoms with van der Waals surface area (Å²) in [5, 5.41) is 2.45. The van der Waals surface area contributed by atoms with Crippen molar-refractivity contribution in [1.82, 2.24) is 9.97 Å². The second-order valence-corrected chi connectivity index (χ2v) is 4.98. The fraction of sp³-hybridized carbons (Fsp3) is 0.0769. The quantitative estimate of drug-likeness (QED) is 0.663. The molecule has 0 saturated carbocycles. The minimum Gasteiger partial charge on any atom is -0.497 e. The van der Waals surface area contributed by atoms with Crippen molar-refractivity contribution >= 4 is 33.2 Å². The normalized spacial score (nSPS) is 10.8. The van der Waals surface area contributed by atoms with Crippen LogP contribution in [0.4, 0.5) is 0 Å². The number of fused-ring (bicyclic) bond motifs is 1. The molecule has 2 aromatic heterocycles. The van der Waals surface area contributed by atoms with E-state index in [2.05, 4.69) is 9.97 Å². The van der Waals surface area contributed by atoms with Crippen molar-refractivity contribution in [2.24, 2.45) is 0 Å². The SMILES string of the molecule is COc1cccc(-c2nc(Cl)c3sccc3n2)c1. The predicted octanol–water partition coefficient (Wildman–Crippen LogP) is 4.02. The Bertz CT molecular complexity index is 711. The predicted molar refractivity (Wildman–Crippen MR) is 74.4 cm³/mol. The number of halogens is 1. The summed E-state index contributed by atoms with van der Waals surface area (Å²) in [6, 6.07) is 9.56. The third kappa shape index (κ3) is 1.94. The Kier molecular flexibility index (Phi) is 2.89. The molecule has 0 aliphatic rings. The van der Waals surface area contributed by atoms with E-state index in [-0.39, 0.29) is 0 Å². The second-order valence-electron chi connectivity index (χ2n) is 3.70. The summed E-state index contributed by atoms with van der Waals surface area (Å²) in [6.45, 7) is 0. The topological polar surface area (TPSA) is 35.0 Å². The van der Waals surface area contributed by atoms with Crippen LogP contribution in [0.2, 0.25) is 5.15 Å². The lowest BCUT2D eigenvalue weighted by Gasteiger charge is -2.04. The molecule has 0 atom stereocenters. The largest absolute Gasteiger partial charge is 0.497 e. The van der Waals surface area contributed by atoms with Crippen LogP contribution >= 0.6 is 22.9 Å². The minimum atomic E-state index is 0.493. The summed E-state index contributed by atoms with van der Waals surface area (Å²) >= 11 is 7.70. The van der Waals surface area contributed by atoms with E-state index in [0.717, 1.165) is 21.5 Å². The van der Waals surface area contributed by atoms with Crippen molar-refractivity contribution < 1.29 is 4.74 Å². The Morgan fingerprint density at radius 2 is 2.11 bits per heavy atom. The number of ether oxygens (including phenoxy) is 1. The van der Waals surface area contributed by atoms with Crippen LogP contribution in [0.5, 0.6) is 5.75 Å². The highest BCUT2D eigenvalue weighted by Crippen LogP contribution is 2.29. The fourth-order valence-electron chi connectivity index (χ4n) is 1.72. The molecule has 0 amide bonds. The molecule has 3 aromatic rings. The van der Waals surface area contributed by atoms with Crippen LogP contribution < -0.4 is 4.74 Å². The van der Waals surface area contributed by atoms with Gasteiger partial charge in [0.25, 0.3) is 0 Å². The Morgan fingerprint density at radius 1 is 1.22 bits per heavy atom. The Labute approximate surface area is 113 Å². The van der Waals surface area contributed by atoms with E-state index in [1.807, 2.05) is 35.7 Å². The molecule has 0 unspecified atom stereocenters. The smallest absolute Gasteiger partial charge is 0.161 e. The first-order chi connectivity index (χ1) is 8.78. The Morgan fingerprint density at radius 3 is 2.94 bits per heavy atom. The molecule has 1 aromatic carbocycles. The lowest BCUT2D eigenvalue weighted by Crippen LogP contribution is -1.90. The average Bonchev–Trinajstić information content (AvgIpc) is 2.87. The summed E-state index contributed by atoms with van der Waals surface area (Å²) in [5.74, 6) is 1.39. The Balaban J connectivity index is 2.18. The fourth-order valence-corrected chi connectivity index (χ4v) is 2.74. The number of hydrogen-bond acceptors (Lipinski definition) is 4. The molecule has 0 saturated heterocycles. The average molecular weight is 277 g/mol. The van der Waals surface area contributed by atoms with Gasteiger partial charge in [-0.25, -0.2) is 9.97 Å². The van der Waals surface area contributed by atoms with Gasteiger partial charge in [0, 0.05) is 5.56 Å². The molecule has 3 nitrogen and oxygen atoms in total. The van der Waals surface area contributed by atoms with Crippen molar-refractivity contribution in [3.8, 4) is 17.1 Å². The first-order valence-electron chi connectivity index (χ1n) is 5.33. The van der Waals surface area contributed by atoms with Gasteiger partial charge >= 0.3 is 0 Å². The summed E-state index contributed by atoms with van der Waals surface area (Å²) in [6.07, 6.45) is 0. The van der Waals surface area contributed by atoms with Crippen molar-refractivity contribution in [2.45, 2.75) is 0 Å². The zero-order valence-electron chi connectivity index (χ0n) is 9.55. The molecular formula is C13H9ClN2OS. The molecule has 0 N–H and O–H groups in total. The van der Waals surface area contributed by atoms with Crippen LogP contribution in [0.15, 0.2) is 35.7 Å². The highest BCUT2D eigenvalue weighted by atomic mass is 35.5. The molecule has 0 bridgehead atoms. The molecule has 18 heavy (non-hydrogen) atoms. The molecule has 90 valence electrons. The van der Waals surface area contributed by atoms with E-state index in [1.165, 1.54) is 0 Å². The van der Waals surface area contributed by atoms with E-state index < -0.39 is 0 Å². The lowest BCUT2D eigenvalue weighted by molar-refractivity contribution is 0.415. The third-order valence-electron chi connectivity index (χ3n) is 2.59. The van der Waals surface area contributed by atoms with Gasteiger partial charge in [-0.2, -0.15) is 0 Å². The molecule has 5 heteroatoms. The molecule has 0 spiro atoms. The number of hydrogen-bond donors (Lipinski definition) is 0. The van der Waals surface area contributed by atoms with Crippen LogP contribution in [-0.4, -0.2) is 17.1 Å². The molecule has 0 aliphatic heterocycles. The molecule has 0 aliphatic carbocycles. The van der Waals surface area contributed by atoms with Gasteiger partial charge in [0.1, 0.15) is 5.75 Å². The van der Waals surface area contributed by atoms with E-state index in [9.17, 15) is 0 Å². The summed E-state index contributed by atoms with van der Waals surface area (Å²) in [4.78, 5) is 8.83. The number of benzene rings is 1. The highest BCUT2D eigenvalue weighted by Gasteiger charge is 2.09. The third-order valence-corrected chi connectivity index (χ3v) is 3.89. The van der Waals surface area contributed by atoms with Crippen LogP contribution in [-0.2, 0) is 0 Å². The first kappa shape index (κ1) is 11.4. The maximum Gasteiger partial charge on any atom is 0.161 e. The maximum absolute atomic E-state index is 6.16. The summed E-state index contributed by atoms with van der Waals surface area (Å²) < 4.78 is 6.11. The number of aromatic nitrogens is 2. The number of rotatable bonds is 2. The van der Waals surface area contributed by atoms with Crippen LogP contribution in [0.1, 0.15) is 0 Å². The molecular weight excluding hydrogens is 268 g/mol. The van der Waals surface area contributed by atoms with E-state index in [1.54, 1.807) is 18.4 Å². The van der Waals surface area contributed by atoms with Gasteiger partial charge in [0.15, 0.2) is 11.0 Å². The zero-order chi connectivity index (χ0) is 12.5. The maximum atomic E-state index is 6.16. The minimum absolute atomic E-state index is 0.493. The van der Waals surface area contributed by atoms with Gasteiger partial charge in [0.05, 0.1) is 17.3 Å². The van der Waals surface area contributed by atoms with Crippen LogP contribution in [0, 0.1) is 0 Å². The van der Waals surface area contributed by atoms with Gasteiger partial charge < -0.3 is 4.74 Å². The van der Waals surface area contributed by atoms with Crippen molar-refractivity contribution in [3.05, 3.63) is 40.9 Å². The lowest BCUT2D eigenvalue weighted by atomic mass is 10.2. The second kappa shape index (κ2) is 4.55. The Hall–Kier alpha value is -1.65. The number of methoxy groups -OCH3 is 1. The summed E-state index contributed by atoms with van der Waals surface area (Å²) in [7, 11) is 1.63. The van der Waals surface area contributed by atoms with E-state index in [4.69, 9.17) is 16.3 Å².